The lowest BCUT2D eigenvalue weighted by Crippen LogP contribution is -2.42. The third-order valence-electron chi connectivity index (χ3n) is 4.34. The fourth-order valence-electron chi connectivity index (χ4n) is 3.21. The van der Waals surface area contributed by atoms with E-state index in [1.54, 1.807) is 0 Å². The molecule has 2 aliphatic rings. The van der Waals surface area contributed by atoms with Crippen molar-refractivity contribution in [3.05, 3.63) is 29.8 Å². The second kappa shape index (κ2) is 5.54. The maximum Gasteiger partial charge on any atom is 0.140 e. The van der Waals surface area contributed by atoms with Gasteiger partial charge < -0.3 is 15.2 Å². The van der Waals surface area contributed by atoms with Gasteiger partial charge in [0.05, 0.1) is 12.2 Å². The van der Waals surface area contributed by atoms with Crippen LogP contribution in [0.5, 0.6) is 0 Å². The fourth-order valence-corrected chi connectivity index (χ4v) is 3.21. The lowest BCUT2D eigenvalue weighted by atomic mass is 9.81. The number of hydrogen-bond acceptors (Lipinski definition) is 4. The average Bonchev–Trinajstić information content (AvgIpc) is 2.87. The highest BCUT2D eigenvalue weighted by Crippen LogP contribution is 2.36. The van der Waals surface area contributed by atoms with Crippen molar-refractivity contribution < 1.29 is 14.3 Å². The van der Waals surface area contributed by atoms with Gasteiger partial charge in [0, 0.05) is 37.7 Å². The standard InChI is InChI=1S/C16H21NO3/c17-14-3-1-2-12(8-14)9-15(18)13-4-6-20-16(10-13)5-7-19-11-16/h1-3,8,13H,4-7,9-11,17H2. The summed E-state index contributed by atoms with van der Waals surface area (Å²) < 4.78 is 11.3. The zero-order chi connectivity index (χ0) is 14.0. The van der Waals surface area contributed by atoms with Crippen molar-refractivity contribution in [2.45, 2.75) is 31.3 Å². The Balaban J connectivity index is 1.65. The normalized spacial score (nSPS) is 29.7. The summed E-state index contributed by atoms with van der Waals surface area (Å²) in [5.41, 5.74) is 7.27. The number of Topliss-reactive ketones (excluding diaryl/α,β-unsaturated/α-hetero) is 1. The molecule has 0 aliphatic carbocycles. The van der Waals surface area contributed by atoms with Crippen LogP contribution in [0.2, 0.25) is 0 Å². The van der Waals surface area contributed by atoms with Gasteiger partial charge in [-0.3, -0.25) is 4.79 Å². The summed E-state index contributed by atoms with van der Waals surface area (Å²) in [5, 5.41) is 0. The van der Waals surface area contributed by atoms with Crippen LogP contribution in [0.4, 0.5) is 5.69 Å². The van der Waals surface area contributed by atoms with Crippen molar-refractivity contribution in [3.63, 3.8) is 0 Å². The van der Waals surface area contributed by atoms with Gasteiger partial charge in [-0.2, -0.15) is 0 Å². The van der Waals surface area contributed by atoms with Crippen molar-refractivity contribution in [3.8, 4) is 0 Å². The van der Waals surface area contributed by atoms with E-state index in [2.05, 4.69) is 0 Å². The molecular weight excluding hydrogens is 254 g/mol. The molecule has 4 nitrogen and oxygen atoms in total. The molecule has 3 rings (SSSR count). The first-order valence-electron chi connectivity index (χ1n) is 7.26. The van der Waals surface area contributed by atoms with Gasteiger partial charge in [-0.15, -0.1) is 0 Å². The number of carbonyl (C=O) groups is 1. The van der Waals surface area contributed by atoms with E-state index in [0.717, 1.165) is 31.4 Å². The van der Waals surface area contributed by atoms with Gasteiger partial charge in [0.1, 0.15) is 5.78 Å². The molecule has 2 N–H and O–H groups in total. The van der Waals surface area contributed by atoms with Gasteiger partial charge in [-0.1, -0.05) is 12.1 Å². The van der Waals surface area contributed by atoms with Crippen LogP contribution < -0.4 is 5.73 Å². The van der Waals surface area contributed by atoms with Crippen molar-refractivity contribution in [2.24, 2.45) is 5.92 Å². The van der Waals surface area contributed by atoms with Crippen LogP contribution in [0.3, 0.4) is 0 Å². The van der Waals surface area contributed by atoms with E-state index in [1.165, 1.54) is 0 Å². The van der Waals surface area contributed by atoms with Crippen molar-refractivity contribution in [1.82, 2.24) is 0 Å². The predicted molar refractivity (Wildman–Crippen MR) is 76.4 cm³/mol. The monoisotopic (exact) mass is 275 g/mol. The smallest absolute Gasteiger partial charge is 0.140 e. The van der Waals surface area contributed by atoms with Gasteiger partial charge in [0.25, 0.3) is 0 Å². The first-order valence-corrected chi connectivity index (χ1v) is 7.26. The molecule has 1 aromatic carbocycles. The molecule has 2 saturated heterocycles. The molecule has 1 aromatic rings. The zero-order valence-electron chi connectivity index (χ0n) is 11.6. The Bertz CT molecular complexity index is 494. The Hall–Kier alpha value is -1.39. The van der Waals surface area contributed by atoms with Crippen LogP contribution in [-0.4, -0.2) is 31.2 Å². The maximum absolute atomic E-state index is 12.5. The lowest BCUT2D eigenvalue weighted by Gasteiger charge is -2.36. The Kier molecular flexibility index (Phi) is 3.76. The molecule has 0 amide bonds. The van der Waals surface area contributed by atoms with E-state index in [4.69, 9.17) is 15.2 Å². The number of anilines is 1. The van der Waals surface area contributed by atoms with Crippen LogP contribution in [0.25, 0.3) is 0 Å². The minimum Gasteiger partial charge on any atom is -0.399 e. The molecule has 0 aromatic heterocycles. The highest BCUT2D eigenvalue weighted by Gasteiger charge is 2.42. The largest absolute Gasteiger partial charge is 0.399 e. The van der Waals surface area contributed by atoms with Crippen molar-refractivity contribution in [2.75, 3.05) is 25.6 Å². The molecule has 2 atom stereocenters. The molecule has 0 saturated carbocycles. The second-order valence-corrected chi connectivity index (χ2v) is 5.91. The zero-order valence-corrected chi connectivity index (χ0v) is 11.6. The minimum absolute atomic E-state index is 0.0897. The molecule has 1 spiro atoms. The van der Waals surface area contributed by atoms with Crippen LogP contribution in [0.15, 0.2) is 24.3 Å². The second-order valence-electron chi connectivity index (χ2n) is 5.91. The molecule has 2 aliphatic heterocycles. The molecule has 4 heteroatoms. The van der Waals surface area contributed by atoms with Crippen molar-refractivity contribution >= 4 is 11.5 Å². The first-order chi connectivity index (χ1) is 9.67. The fraction of sp³-hybridized carbons (Fsp3) is 0.562. The molecular formula is C16H21NO3. The van der Waals surface area contributed by atoms with E-state index in [1.807, 2.05) is 24.3 Å². The van der Waals surface area contributed by atoms with Gasteiger partial charge in [-0.05, 0) is 30.5 Å². The average molecular weight is 275 g/mol. The van der Waals surface area contributed by atoms with E-state index in [-0.39, 0.29) is 11.5 Å². The number of ether oxygens (including phenoxy) is 2. The number of carbonyl (C=O) groups excluding carboxylic acids is 1. The number of hydrogen-bond donors (Lipinski definition) is 1. The molecule has 0 radical (unpaired) electrons. The Morgan fingerprint density at radius 2 is 2.30 bits per heavy atom. The lowest BCUT2D eigenvalue weighted by molar-refractivity contribution is -0.136. The molecule has 2 heterocycles. The van der Waals surface area contributed by atoms with Gasteiger partial charge in [-0.25, -0.2) is 0 Å². The molecule has 20 heavy (non-hydrogen) atoms. The van der Waals surface area contributed by atoms with Crippen LogP contribution in [-0.2, 0) is 20.7 Å². The van der Waals surface area contributed by atoms with Crippen LogP contribution in [0, 0.1) is 5.92 Å². The summed E-state index contributed by atoms with van der Waals surface area (Å²) in [4.78, 5) is 12.5. The maximum atomic E-state index is 12.5. The van der Waals surface area contributed by atoms with Crippen LogP contribution >= 0.6 is 0 Å². The summed E-state index contributed by atoms with van der Waals surface area (Å²) in [5.74, 6) is 0.386. The Labute approximate surface area is 119 Å². The first kappa shape index (κ1) is 13.6. The van der Waals surface area contributed by atoms with Crippen LogP contribution in [0.1, 0.15) is 24.8 Å². The van der Waals surface area contributed by atoms with E-state index in [0.29, 0.717) is 31.1 Å². The van der Waals surface area contributed by atoms with E-state index in [9.17, 15) is 4.79 Å². The Morgan fingerprint density at radius 3 is 3.05 bits per heavy atom. The van der Waals surface area contributed by atoms with Gasteiger partial charge >= 0.3 is 0 Å². The molecule has 2 unspecified atom stereocenters. The third-order valence-corrected chi connectivity index (χ3v) is 4.34. The van der Waals surface area contributed by atoms with E-state index < -0.39 is 0 Å². The van der Waals surface area contributed by atoms with Crippen molar-refractivity contribution in [1.29, 1.82) is 0 Å². The number of nitrogens with two attached hydrogens (primary N) is 1. The highest BCUT2D eigenvalue weighted by molar-refractivity contribution is 5.83. The summed E-state index contributed by atoms with van der Waals surface area (Å²) in [7, 11) is 0. The highest BCUT2D eigenvalue weighted by atomic mass is 16.6. The number of benzene rings is 1. The SMILES string of the molecule is Nc1cccc(CC(=O)C2CCOC3(CCOC3)C2)c1. The van der Waals surface area contributed by atoms with Gasteiger partial charge in [0.2, 0.25) is 0 Å². The van der Waals surface area contributed by atoms with E-state index >= 15 is 0 Å². The van der Waals surface area contributed by atoms with Gasteiger partial charge in [0.15, 0.2) is 0 Å². The third kappa shape index (κ3) is 2.86. The number of ketones is 1. The molecule has 2 fully saturated rings. The number of rotatable bonds is 3. The molecule has 108 valence electrons. The predicted octanol–water partition coefficient (Wildman–Crippen LogP) is 1.97. The summed E-state index contributed by atoms with van der Waals surface area (Å²) >= 11 is 0. The minimum atomic E-state index is -0.200. The topological polar surface area (TPSA) is 61.6 Å². The Morgan fingerprint density at radius 1 is 1.40 bits per heavy atom. The summed E-state index contributed by atoms with van der Waals surface area (Å²) in [6.07, 6.45) is 3.00. The summed E-state index contributed by atoms with van der Waals surface area (Å²) in [6, 6.07) is 7.58. The number of nitrogen functional groups attached to an aromatic ring is 1. The quantitative estimate of drug-likeness (QED) is 0.857. The summed E-state index contributed by atoms with van der Waals surface area (Å²) in [6.45, 7) is 2.04. The molecule has 0 bridgehead atoms.